The van der Waals surface area contributed by atoms with Crippen molar-refractivity contribution in [2.24, 2.45) is 5.73 Å². The Bertz CT molecular complexity index is 565. The fraction of sp³-hybridized carbons (Fsp3) is 0.231. The highest BCUT2D eigenvalue weighted by atomic mass is 16.3. The number of aromatic nitrogens is 1. The molecule has 1 fully saturated rings. The lowest BCUT2D eigenvalue weighted by Crippen LogP contribution is -2.27. The number of carbonyl (C=O) groups is 1. The molecule has 1 aromatic heterocycles. The summed E-state index contributed by atoms with van der Waals surface area (Å²) in [5.74, 6) is 0.755. The van der Waals surface area contributed by atoms with E-state index < -0.39 is 0 Å². The van der Waals surface area contributed by atoms with Gasteiger partial charge in [0.2, 0.25) is 5.91 Å². The standard InChI is InChI=1S/C13H13N3O2/c14-10-5-13(17)16(7-10)11-3-1-2-9(4-11)12-6-15-8-18-12/h1-4,6,8,10H,5,7,14H2. The van der Waals surface area contributed by atoms with Gasteiger partial charge in [-0.3, -0.25) is 4.79 Å². The lowest BCUT2D eigenvalue weighted by Gasteiger charge is -2.16. The van der Waals surface area contributed by atoms with Crippen LogP contribution in [0.25, 0.3) is 11.3 Å². The molecule has 2 aromatic rings. The van der Waals surface area contributed by atoms with Crippen molar-refractivity contribution in [2.45, 2.75) is 12.5 Å². The number of hydrogen-bond acceptors (Lipinski definition) is 4. The van der Waals surface area contributed by atoms with Gasteiger partial charge in [-0.05, 0) is 12.1 Å². The molecule has 0 aliphatic carbocycles. The molecule has 0 saturated carbocycles. The fourth-order valence-electron chi connectivity index (χ4n) is 2.17. The van der Waals surface area contributed by atoms with Crippen LogP contribution < -0.4 is 10.6 Å². The largest absolute Gasteiger partial charge is 0.444 e. The number of amides is 1. The van der Waals surface area contributed by atoms with Crippen LogP contribution in [0.3, 0.4) is 0 Å². The van der Waals surface area contributed by atoms with E-state index in [2.05, 4.69) is 4.98 Å². The Kier molecular flexibility index (Phi) is 2.60. The van der Waals surface area contributed by atoms with Gasteiger partial charge in [0.1, 0.15) is 0 Å². The van der Waals surface area contributed by atoms with Gasteiger partial charge in [-0.15, -0.1) is 0 Å². The van der Waals surface area contributed by atoms with Gasteiger partial charge in [0.15, 0.2) is 12.2 Å². The van der Waals surface area contributed by atoms with Crippen molar-refractivity contribution >= 4 is 11.6 Å². The smallest absolute Gasteiger partial charge is 0.228 e. The number of hydrogen-bond donors (Lipinski definition) is 1. The van der Waals surface area contributed by atoms with Gasteiger partial charge in [0.05, 0.1) is 6.20 Å². The lowest BCUT2D eigenvalue weighted by molar-refractivity contribution is -0.117. The Hall–Kier alpha value is -2.14. The summed E-state index contributed by atoms with van der Waals surface area (Å²) < 4.78 is 5.25. The lowest BCUT2D eigenvalue weighted by atomic mass is 10.1. The van der Waals surface area contributed by atoms with E-state index >= 15 is 0 Å². The second-order valence-electron chi connectivity index (χ2n) is 4.38. The molecule has 2 N–H and O–H groups in total. The first-order valence-corrected chi connectivity index (χ1v) is 5.79. The molecule has 18 heavy (non-hydrogen) atoms. The molecule has 2 heterocycles. The predicted molar refractivity (Wildman–Crippen MR) is 66.9 cm³/mol. The van der Waals surface area contributed by atoms with E-state index in [9.17, 15) is 4.79 Å². The predicted octanol–water partition coefficient (Wildman–Crippen LogP) is 1.41. The van der Waals surface area contributed by atoms with E-state index in [4.69, 9.17) is 10.2 Å². The van der Waals surface area contributed by atoms with Crippen LogP contribution in [-0.2, 0) is 4.79 Å². The fourth-order valence-corrected chi connectivity index (χ4v) is 2.17. The van der Waals surface area contributed by atoms with Crippen LogP contribution in [0.2, 0.25) is 0 Å². The minimum Gasteiger partial charge on any atom is -0.444 e. The summed E-state index contributed by atoms with van der Waals surface area (Å²) in [4.78, 5) is 17.4. The van der Waals surface area contributed by atoms with Gasteiger partial charge >= 0.3 is 0 Å². The average molecular weight is 243 g/mol. The van der Waals surface area contributed by atoms with Crippen LogP contribution in [0.4, 0.5) is 5.69 Å². The second kappa shape index (κ2) is 4.27. The maximum Gasteiger partial charge on any atom is 0.228 e. The Morgan fingerprint density at radius 1 is 1.44 bits per heavy atom. The van der Waals surface area contributed by atoms with Gasteiger partial charge in [0, 0.05) is 30.3 Å². The molecular weight excluding hydrogens is 230 g/mol. The van der Waals surface area contributed by atoms with Crippen LogP contribution in [0.5, 0.6) is 0 Å². The zero-order valence-electron chi connectivity index (χ0n) is 9.74. The van der Waals surface area contributed by atoms with E-state index in [-0.39, 0.29) is 11.9 Å². The molecule has 1 unspecified atom stereocenters. The molecule has 0 bridgehead atoms. The molecule has 0 radical (unpaired) electrons. The number of benzene rings is 1. The van der Waals surface area contributed by atoms with Crippen LogP contribution in [0.1, 0.15) is 6.42 Å². The van der Waals surface area contributed by atoms with Crippen LogP contribution in [0.15, 0.2) is 41.3 Å². The van der Waals surface area contributed by atoms with Crippen molar-refractivity contribution in [1.82, 2.24) is 4.98 Å². The summed E-state index contributed by atoms with van der Waals surface area (Å²) in [6.07, 6.45) is 3.45. The minimum atomic E-state index is -0.0774. The van der Waals surface area contributed by atoms with E-state index in [0.717, 1.165) is 11.3 Å². The van der Waals surface area contributed by atoms with Crippen molar-refractivity contribution in [3.05, 3.63) is 36.9 Å². The van der Waals surface area contributed by atoms with Crippen LogP contribution >= 0.6 is 0 Å². The van der Waals surface area contributed by atoms with E-state index in [0.29, 0.717) is 18.7 Å². The summed E-state index contributed by atoms with van der Waals surface area (Å²) in [7, 11) is 0. The maximum absolute atomic E-state index is 11.8. The summed E-state index contributed by atoms with van der Waals surface area (Å²) in [5.41, 5.74) is 7.54. The highest BCUT2D eigenvalue weighted by molar-refractivity contribution is 5.96. The number of nitrogens with zero attached hydrogens (tertiary/aromatic N) is 2. The van der Waals surface area contributed by atoms with Gasteiger partial charge in [-0.1, -0.05) is 12.1 Å². The van der Waals surface area contributed by atoms with E-state index in [1.165, 1.54) is 6.39 Å². The quantitative estimate of drug-likeness (QED) is 0.865. The highest BCUT2D eigenvalue weighted by Gasteiger charge is 2.28. The first kappa shape index (κ1) is 11.0. The summed E-state index contributed by atoms with van der Waals surface area (Å²) in [6.45, 7) is 0.568. The third-order valence-electron chi connectivity index (χ3n) is 3.03. The number of nitrogens with two attached hydrogens (primary N) is 1. The normalized spacial score (nSPS) is 19.5. The van der Waals surface area contributed by atoms with Crippen molar-refractivity contribution in [2.75, 3.05) is 11.4 Å². The van der Waals surface area contributed by atoms with Crippen molar-refractivity contribution < 1.29 is 9.21 Å². The summed E-state index contributed by atoms with van der Waals surface area (Å²) in [5, 5.41) is 0. The molecule has 3 rings (SSSR count). The molecule has 1 aromatic carbocycles. The number of oxazole rings is 1. The maximum atomic E-state index is 11.8. The molecule has 92 valence electrons. The SMILES string of the molecule is NC1CC(=O)N(c2cccc(-c3cnco3)c2)C1. The van der Waals surface area contributed by atoms with Crippen LogP contribution in [0, 0.1) is 0 Å². The Morgan fingerprint density at radius 3 is 3.00 bits per heavy atom. The van der Waals surface area contributed by atoms with Crippen LogP contribution in [-0.4, -0.2) is 23.5 Å². The Balaban J connectivity index is 1.94. The third-order valence-corrected chi connectivity index (χ3v) is 3.03. The Morgan fingerprint density at radius 2 is 2.33 bits per heavy atom. The summed E-state index contributed by atoms with van der Waals surface area (Å²) >= 11 is 0. The molecule has 1 saturated heterocycles. The molecule has 0 spiro atoms. The Labute approximate surface area is 104 Å². The van der Waals surface area contributed by atoms with Crippen molar-refractivity contribution in [3.63, 3.8) is 0 Å². The first-order chi connectivity index (χ1) is 8.74. The van der Waals surface area contributed by atoms with Gasteiger partial charge in [-0.25, -0.2) is 4.98 Å². The summed E-state index contributed by atoms with van der Waals surface area (Å²) in [6, 6.07) is 7.55. The third kappa shape index (κ3) is 1.89. The second-order valence-corrected chi connectivity index (χ2v) is 4.38. The van der Waals surface area contributed by atoms with Gasteiger partial charge in [0.25, 0.3) is 0 Å². The molecule has 5 nitrogen and oxygen atoms in total. The number of carbonyl (C=O) groups excluding carboxylic acids is 1. The molecular formula is C13H13N3O2. The van der Waals surface area contributed by atoms with E-state index in [1.807, 2.05) is 24.3 Å². The average Bonchev–Trinajstić information content (AvgIpc) is 2.99. The minimum absolute atomic E-state index is 0.0669. The number of rotatable bonds is 2. The monoisotopic (exact) mass is 243 g/mol. The molecule has 1 aliphatic rings. The topological polar surface area (TPSA) is 72.4 Å². The van der Waals surface area contributed by atoms with Crippen molar-refractivity contribution in [1.29, 1.82) is 0 Å². The molecule has 1 atom stereocenters. The highest BCUT2D eigenvalue weighted by Crippen LogP contribution is 2.26. The van der Waals surface area contributed by atoms with E-state index in [1.54, 1.807) is 11.1 Å². The van der Waals surface area contributed by atoms with Gasteiger partial charge < -0.3 is 15.1 Å². The molecule has 1 aliphatic heterocycles. The zero-order chi connectivity index (χ0) is 12.5. The van der Waals surface area contributed by atoms with Gasteiger partial charge in [-0.2, -0.15) is 0 Å². The number of anilines is 1. The molecule has 5 heteroatoms. The zero-order valence-corrected chi connectivity index (χ0v) is 9.74. The van der Waals surface area contributed by atoms with Crippen molar-refractivity contribution in [3.8, 4) is 11.3 Å². The molecule has 1 amide bonds. The first-order valence-electron chi connectivity index (χ1n) is 5.79.